The Hall–Kier alpha value is -2.73. The SMILES string of the molecule is CC(Cc1nc2ccccc2s1)(C(=O)NCCC(=O)O)c1ccccc1. The van der Waals surface area contributed by atoms with Crippen LogP contribution in [-0.4, -0.2) is 28.5 Å². The number of hydrogen-bond donors (Lipinski definition) is 2. The first-order valence-electron chi connectivity index (χ1n) is 8.39. The Labute approximate surface area is 155 Å². The van der Waals surface area contributed by atoms with Crippen LogP contribution in [0.4, 0.5) is 0 Å². The summed E-state index contributed by atoms with van der Waals surface area (Å²) in [6.07, 6.45) is 0.354. The number of aliphatic carboxylic acids is 1. The fourth-order valence-corrected chi connectivity index (χ4v) is 4.02. The van der Waals surface area contributed by atoms with Crippen LogP contribution in [-0.2, 0) is 21.4 Å². The highest BCUT2D eigenvalue weighted by atomic mass is 32.1. The lowest BCUT2D eigenvalue weighted by molar-refractivity contribution is -0.137. The molecular formula is C20H20N2O3S. The van der Waals surface area contributed by atoms with Crippen molar-refractivity contribution in [2.75, 3.05) is 6.54 Å². The number of aromatic nitrogens is 1. The molecule has 6 heteroatoms. The minimum absolute atomic E-state index is 0.0995. The van der Waals surface area contributed by atoms with Gasteiger partial charge in [-0.3, -0.25) is 9.59 Å². The number of nitrogens with one attached hydrogen (secondary N) is 1. The third-order valence-electron chi connectivity index (χ3n) is 4.38. The zero-order valence-electron chi connectivity index (χ0n) is 14.4. The average molecular weight is 368 g/mol. The molecule has 0 saturated heterocycles. The van der Waals surface area contributed by atoms with Gasteiger partial charge in [-0.1, -0.05) is 42.5 Å². The molecule has 26 heavy (non-hydrogen) atoms. The van der Waals surface area contributed by atoms with Gasteiger partial charge in [0.2, 0.25) is 5.91 Å². The zero-order chi connectivity index (χ0) is 18.6. The van der Waals surface area contributed by atoms with E-state index in [2.05, 4.69) is 10.3 Å². The second-order valence-corrected chi connectivity index (χ2v) is 7.47. The van der Waals surface area contributed by atoms with E-state index in [4.69, 9.17) is 5.11 Å². The van der Waals surface area contributed by atoms with Crippen LogP contribution in [0.25, 0.3) is 10.2 Å². The molecule has 5 nitrogen and oxygen atoms in total. The Morgan fingerprint density at radius 3 is 2.50 bits per heavy atom. The van der Waals surface area contributed by atoms with E-state index >= 15 is 0 Å². The standard InChI is InChI=1S/C20H20N2O3S/c1-20(14-7-3-2-4-8-14,19(25)21-12-11-18(23)24)13-17-22-15-9-5-6-10-16(15)26-17/h2-10H,11-13H2,1H3,(H,21,25)(H,23,24). The monoisotopic (exact) mass is 368 g/mol. The van der Waals surface area contributed by atoms with Crippen LogP contribution in [0.5, 0.6) is 0 Å². The summed E-state index contributed by atoms with van der Waals surface area (Å²) in [5, 5.41) is 12.4. The molecule has 3 rings (SSSR count). The van der Waals surface area contributed by atoms with Crippen LogP contribution in [0.1, 0.15) is 23.9 Å². The highest BCUT2D eigenvalue weighted by Gasteiger charge is 2.36. The number of fused-ring (bicyclic) bond motifs is 1. The minimum Gasteiger partial charge on any atom is -0.481 e. The summed E-state index contributed by atoms with van der Waals surface area (Å²) in [7, 11) is 0. The van der Waals surface area contributed by atoms with E-state index < -0.39 is 11.4 Å². The number of nitrogens with zero attached hydrogens (tertiary/aromatic N) is 1. The first-order chi connectivity index (χ1) is 12.5. The molecule has 134 valence electrons. The van der Waals surface area contributed by atoms with Gasteiger partial charge < -0.3 is 10.4 Å². The maximum Gasteiger partial charge on any atom is 0.305 e. The predicted octanol–water partition coefficient (Wildman–Crippen LogP) is 3.39. The second kappa shape index (κ2) is 7.66. The van der Waals surface area contributed by atoms with Gasteiger partial charge in [0.15, 0.2) is 0 Å². The molecule has 1 heterocycles. The number of carboxylic acid groups (broad SMARTS) is 1. The highest BCUT2D eigenvalue weighted by molar-refractivity contribution is 7.18. The van der Waals surface area contributed by atoms with E-state index in [9.17, 15) is 9.59 Å². The molecule has 3 aromatic rings. The molecular weight excluding hydrogens is 348 g/mol. The van der Waals surface area contributed by atoms with Crippen molar-refractivity contribution in [1.29, 1.82) is 0 Å². The molecule has 0 radical (unpaired) electrons. The average Bonchev–Trinajstić information content (AvgIpc) is 3.04. The van der Waals surface area contributed by atoms with Gasteiger partial charge in [0.1, 0.15) is 0 Å². The maximum atomic E-state index is 12.9. The number of para-hydroxylation sites is 1. The van der Waals surface area contributed by atoms with Gasteiger partial charge >= 0.3 is 5.97 Å². The Morgan fingerprint density at radius 2 is 1.81 bits per heavy atom. The molecule has 0 aliphatic carbocycles. The fourth-order valence-electron chi connectivity index (χ4n) is 2.90. The van der Waals surface area contributed by atoms with Crippen LogP contribution < -0.4 is 5.32 Å². The van der Waals surface area contributed by atoms with Crippen molar-refractivity contribution in [3.8, 4) is 0 Å². The highest BCUT2D eigenvalue weighted by Crippen LogP contribution is 2.32. The summed E-state index contributed by atoms with van der Waals surface area (Å²) in [5.74, 6) is -1.12. The predicted molar refractivity (Wildman–Crippen MR) is 102 cm³/mol. The summed E-state index contributed by atoms with van der Waals surface area (Å²) in [4.78, 5) is 28.3. The molecule has 0 aliphatic rings. The molecule has 1 aromatic heterocycles. The van der Waals surface area contributed by atoms with E-state index in [1.165, 1.54) is 0 Å². The Balaban J connectivity index is 1.89. The first-order valence-corrected chi connectivity index (χ1v) is 9.21. The van der Waals surface area contributed by atoms with E-state index in [1.54, 1.807) is 11.3 Å². The molecule has 0 bridgehead atoms. The zero-order valence-corrected chi connectivity index (χ0v) is 15.3. The van der Waals surface area contributed by atoms with Crippen LogP contribution in [0.2, 0.25) is 0 Å². The van der Waals surface area contributed by atoms with Crippen molar-refractivity contribution in [3.63, 3.8) is 0 Å². The van der Waals surface area contributed by atoms with Crippen molar-refractivity contribution in [1.82, 2.24) is 10.3 Å². The molecule has 0 fully saturated rings. The van der Waals surface area contributed by atoms with Crippen molar-refractivity contribution in [2.24, 2.45) is 0 Å². The molecule has 1 unspecified atom stereocenters. The van der Waals surface area contributed by atoms with Crippen molar-refractivity contribution in [3.05, 3.63) is 65.2 Å². The lowest BCUT2D eigenvalue weighted by Crippen LogP contribution is -2.44. The summed E-state index contributed by atoms with van der Waals surface area (Å²) < 4.78 is 1.09. The van der Waals surface area contributed by atoms with Crippen molar-refractivity contribution in [2.45, 2.75) is 25.2 Å². The van der Waals surface area contributed by atoms with Crippen molar-refractivity contribution < 1.29 is 14.7 Å². The van der Waals surface area contributed by atoms with E-state index in [0.717, 1.165) is 20.8 Å². The number of carbonyl (C=O) groups excluding carboxylic acids is 1. The van der Waals surface area contributed by atoms with Crippen LogP contribution >= 0.6 is 11.3 Å². The first kappa shape index (κ1) is 18.1. The number of amides is 1. The summed E-state index contributed by atoms with van der Waals surface area (Å²) in [5.41, 5.74) is 0.981. The summed E-state index contributed by atoms with van der Waals surface area (Å²) in [6, 6.07) is 17.4. The van der Waals surface area contributed by atoms with Crippen molar-refractivity contribution >= 4 is 33.4 Å². The third-order valence-corrected chi connectivity index (χ3v) is 5.42. The summed E-state index contributed by atoms with van der Waals surface area (Å²) >= 11 is 1.58. The van der Waals surface area contributed by atoms with E-state index in [1.807, 2.05) is 61.5 Å². The number of benzene rings is 2. The normalized spacial score (nSPS) is 13.3. The Bertz CT molecular complexity index is 890. The van der Waals surface area contributed by atoms with Gasteiger partial charge in [0, 0.05) is 13.0 Å². The second-order valence-electron chi connectivity index (χ2n) is 6.35. The van der Waals surface area contributed by atoms with Gasteiger partial charge in [-0.05, 0) is 24.6 Å². The lowest BCUT2D eigenvalue weighted by Gasteiger charge is -2.28. The Kier molecular flexibility index (Phi) is 5.32. The molecule has 1 amide bonds. The van der Waals surface area contributed by atoms with E-state index in [-0.39, 0.29) is 18.9 Å². The van der Waals surface area contributed by atoms with Gasteiger partial charge in [-0.2, -0.15) is 0 Å². The molecule has 0 spiro atoms. The Morgan fingerprint density at radius 1 is 1.12 bits per heavy atom. The smallest absolute Gasteiger partial charge is 0.305 e. The van der Waals surface area contributed by atoms with Gasteiger partial charge in [0.25, 0.3) is 0 Å². The quantitative estimate of drug-likeness (QED) is 0.670. The number of rotatable bonds is 7. The molecule has 0 aliphatic heterocycles. The number of thiazole rings is 1. The van der Waals surface area contributed by atoms with Crippen LogP contribution in [0.15, 0.2) is 54.6 Å². The number of carboxylic acids is 1. The van der Waals surface area contributed by atoms with Gasteiger partial charge in [-0.25, -0.2) is 4.98 Å². The number of hydrogen-bond acceptors (Lipinski definition) is 4. The summed E-state index contributed by atoms with van der Waals surface area (Å²) in [6.45, 7) is 1.99. The fraction of sp³-hybridized carbons (Fsp3) is 0.250. The maximum absolute atomic E-state index is 12.9. The lowest BCUT2D eigenvalue weighted by atomic mass is 9.78. The number of carbonyl (C=O) groups is 2. The van der Waals surface area contributed by atoms with E-state index in [0.29, 0.717) is 6.42 Å². The van der Waals surface area contributed by atoms with Gasteiger partial charge in [0.05, 0.1) is 27.1 Å². The minimum atomic E-state index is -0.933. The molecule has 1 atom stereocenters. The molecule has 2 aromatic carbocycles. The van der Waals surface area contributed by atoms with Gasteiger partial charge in [-0.15, -0.1) is 11.3 Å². The van der Waals surface area contributed by atoms with Crippen LogP contribution in [0, 0.1) is 0 Å². The largest absolute Gasteiger partial charge is 0.481 e. The topological polar surface area (TPSA) is 79.3 Å². The van der Waals surface area contributed by atoms with Crippen LogP contribution in [0.3, 0.4) is 0 Å². The molecule has 2 N–H and O–H groups in total. The third kappa shape index (κ3) is 3.91. The molecule has 0 saturated carbocycles.